The van der Waals surface area contributed by atoms with Crippen molar-refractivity contribution in [2.45, 2.75) is 38.8 Å². The van der Waals surface area contributed by atoms with E-state index < -0.39 is 99.0 Å². The summed E-state index contributed by atoms with van der Waals surface area (Å²) in [5.41, 5.74) is -0.306. The second-order valence-corrected chi connectivity index (χ2v) is 11.9. The Morgan fingerprint density at radius 2 is 1.45 bits per heavy atom. The molecule has 2 atom stereocenters. The zero-order valence-corrected chi connectivity index (χ0v) is 23.4. The summed E-state index contributed by atoms with van der Waals surface area (Å²) in [6.45, 7) is 2.08. The molecule has 0 radical (unpaired) electrons. The molecule has 2 rings (SSSR count). The normalized spacial score (nSPS) is 12.8. The fraction of sp³-hybridized carbons (Fsp3) is 0.385. The molecule has 0 aromatic heterocycles. The van der Waals surface area contributed by atoms with Crippen LogP contribution in [0.25, 0.3) is 0 Å². The van der Waals surface area contributed by atoms with Crippen molar-refractivity contribution < 1.29 is 54.3 Å². The average molecular weight is 622 g/mol. The van der Waals surface area contributed by atoms with Crippen LogP contribution in [0.4, 0.5) is 27.6 Å². The van der Waals surface area contributed by atoms with E-state index in [9.17, 15) is 49.5 Å². The molecule has 10 nitrogen and oxygen atoms in total. The maximum Gasteiger partial charge on any atom is 0.313 e. The first kappa shape index (κ1) is 34.1. The lowest BCUT2D eigenvalue weighted by molar-refractivity contribution is -0.138. The summed E-state index contributed by atoms with van der Waals surface area (Å²) < 4.78 is 96.6. The third-order valence-electron chi connectivity index (χ3n) is 5.57. The Morgan fingerprint density at radius 1 is 0.857 bits per heavy atom. The van der Waals surface area contributed by atoms with Crippen molar-refractivity contribution in [1.82, 2.24) is 10.6 Å². The minimum absolute atomic E-state index is 0.0751. The van der Waals surface area contributed by atoms with Gasteiger partial charge < -0.3 is 20.7 Å². The number of sulfone groups is 1. The summed E-state index contributed by atoms with van der Waals surface area (Å²) in [7, 11) is -3.70. The largest absolute Gasteiger partial charge is 0.479 e. The third kappa shape index (κ3) is 10.1. The summed E-state index contributed by atoms with van der Waals surface area (Å²) in [6.07, 6.45) is 0.210. The molecule has 0 fully saturated rings. The van der Waals surface area contributed by atoms with Crippen LogP contribution in [0.15, 0.2) is 30.3 Å². The first-order chi connectivity index (χ1) is 19.5. The summed E-state index contributed by atoms with van der Waals surface area (Å²) >= 11 is 0. The van der Waals surface area contributed by atoms with Crippen LogP contribution in [0, 0.1) is 35.0 Å². The second kappa shape index (κ2) is 14.7. The van der Waals surface area contributed by atoms with E-state index in [2.05, 4.69) is 15.4 Å². The van der Waals surface area contributed by atoms with Crippen LogP contribution in [0.2, 0.25) is 0 Å². The van der Waals surface area contributed by atoms with Gasteiger partial charge in [-0.3, -0.25) is 19.2 Å². The maximum absolute atomic E-state index is 13.9. The highest BCUT2D eigenvalue weighted by atomic mass is 32.2. The van der Waals surface area contributed by atoms with Crippen LogP contribution in [0.5, 0.6) is 5.75 Å². The standard InChI is InChI=1S/C26H28F5N3O7S/c1-13(2)10-19(34-26(38)25(37)32-17-7-5-4-6-14(17)27)24(36)33-18(8-9-42(3,39)40)20(35)12-41-23-21(30)15(28)11-16(29)22(23)31/h4-7,11,13,18-19H,8-10,12H2,1-3H3,(H,32,37)(H,33,36)(H,34,38). The van der Waals surface area contributed by atoms with E-state index in [4.69, 9.17) is 0 Å². The molecule has 0 bridgehead atoms. The lowest BCUT2D eigenvalue weighted by atomic mass is 10.0. The van der Waals surface area contributed by atoms with Crippen molar-refractivity contribution in [3.8, 4) is 5.75 Å². The number of ether oxygens (including phenoxy) is 1. The van der Waals surface area contributed by atoms with Crippen molar-refractivity contribution in [2.24, 2.45) is 5.92 Å². The number of ketones is 1. The van der Waals surface area contributed by atoms with Crippen LogP contribution in [0.1, 0.15) is 26.7 Å². The zero-order valence-electron chi connectivity index (χ0n) is 22.6. The summed E-state index contributed by atoms with van der Waals surface area (Å²) in [4.78, 5) is 50.7. The molecule has 0 aliphatic rings. The highest BCUT2D eigenvalue weighted by Gasteiger charge is 2.31. The van der Waals surface area contributed by atoms with Gasteiger partial charge in [0.25, 0.3) is 0 Å². The lowest BCUT2D eigenvalue weighted by Gasteiger charge is -2.24. The van der Waals surface area contributed by atoms with Crippen LogP contribution in [-0.4, -0.2) is 62.6 Å². The Kier molecular flexibility index (Phi) is 11.9. The molecule has 3 amide bonds. The van der Waals surface area contributed by atoms with Gasteiger partial charge in [0, 0.05) is 12.3 Å². The Bertz CT molecular complexity index is 1430. The van der Waals surface area contributed by atoms with Crippen LogP contribution in [-0.2, 0) is 29.0 Å². The predicted octanol–water partition coefficient (Wildman–Crippen LogP) is 2.42. The monoisotopic (exact) mass is 621 g/mol. The summed E-state index contributed by atoms with van der Waals surface area (Å²) in [5, 5.41) is 6.42. The number of halogens is 5. The molecule has 0 heterocycles. The fourth-order valence-electron chi connectivity index (χ4n) is 3.51. The first-order valence-electron chi connectivity index (χ1n) is 12.3. The summed E-state index contributed by atoms with van der Waals surface area (Å²) in [6, 6.07) is 1.78. The molecule has 16 heteroatoms. The van der Waals surface area contributed by atoms with Gasteiger partial charge in [-0.05, 0) is 30.9 Å². The minimum atomic E-state index is -3.70. The number of benzene rings is 2. The van der Waals surface area contributed by atoms with E-state index in [-0.39, 0.29) is 24.1 Å². The number of amides is 3. The smallest absolute Gasteiger partial charge is 0.313 e. The van der Waals surface area contributed by atoms with Gasteiger partial charge in [0.1, 0.15) is 28.3 Å². The maximum atomic E-state index is 13.9. The average Bonchev–Trinajstić information content (AvgIpc) is 2.89. The summed E-state index contributed by atoms with van der Waals surface area (Å²) in [5.74, 6) is -15.6. The number of para-hydroxylation sites is 1. The Labute approximate surface area is 237 Å². The van der Waals surface area contributed by atoms with Crippen molar-refractivity contribution in [3.63, 3.8) is 0 Å². The number of carbonyl (C=O) groups is 4. The topological polar surface area (TPSA) is 148 Å². The number of rotatable bonds is 13. The molecule has 0 spiro atoms. The molecule has 2 aromatic carbocycles. The highest BCUT2D eigenvalue weighted by molar-refractivity contribution is 7.90. The van der Waals surface area contributed by atoms with Gasteiger partial charge in [0.15, 0.2) is 23.2 Å². The zero-order chi connectivity index (χ0) is 31.8. The number of carbonyl (C=O) groups excluding carboxylic acids is 4. The highest BCUT2D eigenvalue weighted by Crippen LogP contribution is 2.26. The van der Waals surface area contributed by atoms with Gasteiger partial charge in [0.05, 0.1) is 17.5 Å². The van der Waals surface area contributed by atoms with Crippen molar-refractivity contribution in [2.75, 3.05) is 23.9 Å². The van der Waals surface area contributed by atoms with E-state index >= 15 is 0 Å². The molecular weight excluding hydrogens is 593 g/mol. The number of anilines is 1. The van der Waals surface area contributed by atoms with Gasteiger partial charge >= 0.3 is 11.8 Å². The number of hydrogen-bond acceptors (Lipinski definition) is 7. The minimum Gasteiger partial charge on any atom is -0.479 e. The third-order valence-corrected chi connectivity index (χ3v) is 6.55. The first-order valence-corrected chi connectivity index (χ1v) is 14.4. The fourth-order valence-corrected chi connectivity index (χ4v) is 4.17. The predicted molar refractivity (Wildman–Crippen MR) is 139 cm³/mol. The number of Topliss-reactive ketones (excluding diaryl/α,β-unsaturated/α-hetero) is 1. The van der Waals surface area contributed by atoms with E-state index in [1.54, 1.807) is 13.8 Å². The van der Waals surface area contributed by atoms with Gasteiger partial charge in [-0.15, -0.1) is 0 Å². The molecule has 0 saturated heterocycles. The molecule has 2 unspecified atom stereocenters. The van der Waals surface area contributed by atoms with Gasteiger partial charge in [-0.2, -0.15) is 8.78 Å². The van der Waals surface area contributed by atoms with E-state index in [0.29, 0.717) is 0 Å². The Balaban J connectivity index is 2.21. The van der Waals surface area contributed by atoms with Crippen LogP contribution < -0.4 is 20.7 Å². The molecule has 0 saturated carbocycles. The molecule has 230 valence electrons. The van der Waals surface area contributed by atoms with Crippen molar-refractivity contribution in [1.29, 1.82) is 0 Å². The number of hydrogen-bond donors (Lipinski definition) is 3. The Morgan fingerprint density at radius 3 is 2.00 bits per heavy atom. The Hall–Kier alpha value is -4.08. The van der Waals surface area contributed by atoms with E-state index in [1.807, 2.05) is 5.32 Å². The van der Waals surface area contributed by atoms with E-state index in [1.165, 1.54) is 18.2 Å². The molecule has 42 heavy (non-hydrogen) atoms. The van der Waals surface area contributed by atoms with Crippen molar-refractivity contribution >= 4 is 39.0 Å². The van der Waals surface area contributed by atoms with E-state index in [0.717, 1.165) is 12.3 Å². The SMILES string of the molecule is CC(C)CC(NC(=O)C(=O)Nc1ccccc1F)C(=O)NC(CCS(C)(=O)=O)C(=O)COc1c(F)c(F)cc(F)c1F. The van der Waals surface area contributed by atoms with Gasteiger partial charge in [-0.25, -0.2) is 21.6 Å². The molecule has 0 aliphatic carbocycles. The van der Waals surface area contributed by atoms with Gasteiger partial charge in [-0.1, -0.05) is 26.0 Å². The molecular formula is C26H28F5N3O7S. The van der Waals surface area contributed by atoms with Crippen LogP contribution >= 0.6 is 0 Å². The quantitative estimate of drug-likeness (QED) is 0.177. The van der Waals surface area contributed by atoms with Crippen LogP contribution in [0.3, 0.4) is 0 Å². The van der Waals surface area contributed by atoms with Gasteiger partial charge in [0.2, 0.25) is 17.5 Å². The number of nitrogens with one attached hydrogen (secondary N) is 3. The van der Waals surface area contributed by atoms with Crippen molar-refractivity contribution in [3.05, 3.63) is 59.4 Å². The lowest BCUT2D eigenvalue weighted by Crippen LogP contribution is -2.54. The molecule has 3 N–H and O–H groups in total. The molecule has 2 aromatic rings. The second-order valence-electron chi connectivity index (χ2n) is 9.62. The molecule has 0 aliphatic heterocycles.